The van der Waals surface area contributed by atoms with Crippen LogP contribution in [0, 0.1) is 0 Å². The largest absolute Gasteiger partial charge is 0.366 e. The molecule has 0 fully saturated rings. The molecule has 0 aliphatic carbocycles. The SMILES string of the molecule is NC(=O)c1cccc(S)c1Cl. The number of thiol groups is 1. The van der Waals surface area contributed by atoms with E-state index in [9.17, 15) is 4.79 Å². The summed E-state index contributed by atoms with van der Waals surface area (Å²) in [7, 11) is 0. The Balaban J connectivity index is 3.27. The first-order valence-electron chi connectivity index (χ1n) is 2.90. The molecule has 0 aliphatic heterocycles. The Morgan fingerprint density at radius 3 is 2.64 bits per heavy atom. The Kier molecular flexibility index (Phi) is 2.42. The smallest absolute Gasteiger partial charge is 0.250 e. The minimum atomic E-state index is -0.536. The molecule has 4 heteroatoms. The van der Waals surface area contributed by atoms with Crippen LogP contribution in [0.4, 0.5) is 0 Å². The van der Waals surface area contributed by atoms with Gasteiger partial charge in [-0.2, -0.15) is 0 Å². The quantitative estimate of drug-likeness (QED) is 0.647. The van der Waals surface area contributed by atoms with E-state index in [4.69, 9.17) is 17.3 Å². The summed E-state index contributed by atoms with van der Waals surface area (Å²) in [5.74, 6) is -0.536. The zero-order valence-corrected chi connectivity index (χ0v) is 7.19. The van der Waals surface area contributed by atoms with Crippen molar-refractivity contribution in [2.45, 2.75) is 4.90 Å². The number of carbonyl (C=O) groups is 1. The van der Waals surface area contributed by atoms with Crippen LogP contribution in [0.1, 0.15) is 10.4 Å². The molecule has 0 bridgehead atoms. The van der Waals surface area contributed by atoms with Crippen molar-refractivity contribution in [2.75, 3.05) is 0 Å². The van der Waals surface area contributed by atoms with Crippen LogP contribution >= 0.6 is 24.2 Å². The van der Waals surface area contributed by atoms with Crippen molar-refractivity contribution >= 4 is 30.1 Å². The first-order valence-corrected chi connectivity index (χ1v) is 3.72. The van der Waals surface area contributed by atoms with E-state index in [0.29, 0.717) is 15.5 Å². The molecule has 1 amide bonds. The maximum Gasteiger partial charge on any atom is 0.250 e. The lowest BCUT2D eigenvalue weighted by Crippen LogP contribution is -2.11. The summed E-state index contributed by atoms with van der Waals surface area (Å²) < 4.78 is 0. The molecular weight excluding hydrogens is 182 g/mol. The molecule has 0 saturated carbocycles. The van der Waals surface area contributed by atoms with Gasteiger partial charge in [0.1, 0.15) is 0 Å². The summed E-state index contributed by atoms with van der Waals surface area (Å²) in [5, 5.41) is 0.309. The lowest BCUT2D eigenvalue weighted by atomic mass is 10.2. The number of carbonyl (C=O) groups excluding carboxylic acids is 1. The lowest BCUT2D eigenvalue weighted by molar-refractivity contribution is 0.100. The average Bonchev–Trinajstić information content (AvgIpc) is 1.94. The van der Waals surface area contributed by atoms with Gasteiger partial charge in [-0.3, -0.25) is 4.79 Å². The summed E-state index contributed by atoms with van der Waals surface area (Å²) in [6, 6.07) is 4.93. The second-order valence-corrected chi connectivity index (χ2v) is 2.86. The van der Waals surface area contributed by atoms with E-state index < -0.39 is 5.91 Å². The fraction of sp³-hybridized carbons (Fsp3) is 0. The van der Waals surface area contributed by atoms with E-state index in [2.05, 4.69) is 12.6 Å². The molecular formula is C7H6ClNOS. The average molecular weight is 188 g/mol. The zero-order chi connectivity index (χ0) is 8.43. The van der Waals surface area contributed by atoms with Gasteiger partial charge in [0.15, 0.2) is 0 Å². The number of nitrogens with two attached hydrogens (primary N) is 1. The highest BCUT2D eigenvalue weighted by molar-refractivity contribution is 7.80. The lowest BCUT2D eigenvalue weighted by Gasteiger charge is -2.00. The van der Waals surface area contributed by atoms with Crippen molar-refractivity contribution in [3.63, 3.8) is 0 Å². The van der Waals surface area contributed by atoms with Gasteiger partial charge in [0.05, 0.1) is 10.6 Å². The molecule has 0 aromatic heterocycles. The molecule has 0 saturated heterocycles. The van der Waals surface area contributed by atoms with E-state index in [1.165, 1.54) is 0 Å². The fourth-order valence-electron chi connectivity index (χ4n) is 0.710. The van der Waals surface area contributed by atoms with Gasteiger partial charge in [-0.05, 0) is 12.1 Å². The Labute approximate surface area is 74.8 Å². The van der Waals surface area contributed by atoms with Gasteiger partial charge in [-0.15, -0.1) is 12.6 Å². The summed E-state index contributed by atoms with van der Waals surface area (Å²) in [5.41, 5.74) is 5.33. The van der Waals surface area contributed by atoms with Crippen LogP contribution in [0.15, 0.2) is 23.1 Å². The van der Waals surface area contributed by atoms with Crippen LogP contribution in [0.5, 0.6) is 0 Å². The Morgan fingerprint density at radius 1 is 1.55 bits per heavy atom. The summed E-state index contributed by atoms with van der Waals surface area (Å²) in [4.78, 5) is 11.2. The van der Waals surface area contributed by atoms with Gasteiger partial charge in [-0.1, -0.05) is 17.7 Å². The minimum absolute atomic E-state index is 0.305. The van der Waals surface area contributed by atoms with Gasteiger partial charge in [0, 0.05) is 4.90 Å². The highest BCUT2D eigenvalue weighted by Crippen LogP contribution is 2.23. The van der Waals surface area contributed by atoms with Gasteiger partial charge < -0.3 is 5.73 Å². The van der Waals surface area contributed by atoms with Crippen LogP contribution in [0.2, 0.25) is 5.02 Å². The van der Waals surface area contributed by atoms with Crippen molar-refractivity contribution in [1.29, 1.82) is 0 Å². The number of rotatable bonds is 1. The molecule has 2 nitrogen and oxygen atoms in total. The van der Waals surface area contributed by atoms with Crippen LogP contribution in [-0.4, -0.2) is 5.91 Å². The van der Waals surface area contributed by atoms with Gasteiger partial charge in [0.2, 0.25) is 5.91 Å². The molecule has 1 aromatic rings. The maximum atomic E-state index is 10.7. The first-order chi connectivity index (χ1) is 5.13. The molecule has 1 aromatic carbocycles. The fourth-order valence-corrected chi connectivity index (χ4v) is 1.14. The van der Waals surface area contributed by atoms with Crippen molar-refractivity contribution in [1.82, 2.24) is 0 Å². The van der Waals surface area contributed by atoms with Gasteiger partial charge in [-0.25, -0.2) is 0 Å². The Bertz CT molecular complexity index is 300. The molecule has 58 valence electrons. The standard InChI is InChI=1S/C7H6ClNOS/c8-6-4(7(9)10)2-1-3-5(6)11/h1-3,11H,(H2,9,10). The highest BCUT2D eigenvalue weighted by atomic mass is 35.5. The van der Waals surface area contributed by atoms with E-state index >= 15 is 0 Å². The molecule has 0 spiro atoms. The number of halogens is 1. The number of benzene rings is 1. The van der Waals surface area contributed by atoms with E-state index in [1.807, 2.05) is 0 Å². The van der Waals surface area contributed by atoms with Gasteiger partial charge >= 0.3 is 0 Å². The Morgan fingerprint density at radius 2 is 2.18 bits per heavy atom. The summed E-state index contributed by atoms with van der Waals surface area (Å²) in [6.07, 6.45) is 0. The number of hydrogen-bond donors (Lipinski definition) is 2. The monoisotopic (exact) mass is 187 g/mol. The molecule has 0 heterocycles. The summed E-state index contributed by atoms with van der Waals surface area (Å²) in [6.45, 7) is 0. The molecule has 1 rings (SSSR count). The third-order valence-electron chi connectivity index (χ3n) is 1.24. The van der Waals surface area contributed by atoms with E-state index in [0.717, 1.165) is 0 Å². The zero-order valence-electron chi connectivity index (χ0n) is 5.54. The Hall–Kier alpha value is -0.670. The molecule has 0 unspecified atom stereocenters. The van der Waals surface area contributed by atoms with Crippen LogP contribution < -0.4 is 5.73 Å². The molecule has 11 heavy (non-hydrogen) atoms. The second-order valence-electron chi connectivity index (χ2n) is 2.00. The third-order valence-corrected chi connectivity index (χ3v) is 2.16. The first kappa shape index (κ1) is 8.43. The van der Waals surface area contributed by atoms with Crippen molar-refractivity contribution < 1.29 is 4.79 Å². The molecule has 0 aliphatic rings. The third kappa shape index (κ3) is 1.67. The topological polar surface area (TPSA) is 43.1 Å². The van der Waals surface area contributed by atoms with E-state index in [-0.39, 0.29) is 0 Å². The van der Waals surface area contributed by atoms with Crippen molar-refractivity contribution in [2.24, 2.45) is 5.73 Å². The normalized spacial score (nSPS) is 9.64. The predicted molar refractivity (Wildman–Crippen MR) is 47.2 cm³/mol. The number of primary amides is 1. The van der Waals surface area contributed by atoms with Crippen LogP contribution in [0.25, 0.3) is 0 Å². The van der Waals surface area contributed by atoms with Crippen LogP contribution in [0.3, 0.4) is 0 Å². The second kappa shape index (κ2) is 3.15. The number of hydrogen-bond acceptors (Lipinski definition) is 2. The van der Waals surface area contributed by atoms with Crippen LogP contribution in [-0.2, 0) is 0 Å². The molecule has 2 N–H and O–H groups in total. The molecule has 0 radical (unpaired) electrons. The maximum absolute atomic E-state index is 10.7. The number of amides is 1. The van der Waals surface area contributed by atoms with Gasteiger partial charge in [0.25, 0.3) is 0 Å². The van der Waals surface area contributed by atoms with Crippen molar-refractivity contribution in [3.05, 3.63) is 28.8 Å². The summed E-state index contributed by atoms with van der Waals surface area (Å²) >= 11 is 9.73. The molecule has 0 atom stereocenters. The van der Waals surface area contributed by atoms with E-state index in [1.54, 1.807) is 18.2 Å². The van der Waals surface area contributed by atoms with Crippen molar-refractivity contribution in [3.8, 4) is 0 Å². The highest BCUT2D eigenvalue weighted by Gasteiger charge is 2.07. The predicted octanol–water partition coefficient (Wildman–Crippen LogP) is 1.73. The minimum Gasteiger partial charge on any atom is -0.366 e.